The number of rotatable bonds is 7. The van der Waals surface area contributed by atoms with Gasteiger partial charge < -0.3 is 16.2 Å². The summed E-state index contributed by atoms with van der Waals surface area (Å²) < 4.78 is 0. The molecule has 4 nitrogen and oxygen atoms in total. The molecule has 0 aromatic carbocycles. The summed E-state index contributed by atoms with van der Waals surface area (Å²) in [5, 5.41) is 24.8. The zero-order valence-corrected chi connectivity index (χ0v) is 23.3. The van der Waals surface area contributed by atoms with Gasteiger partial charge in [-0.15, -0.1) is 0 Å². The third-order valence-corrected chi connectivity index (χ3v) is 12.3. The van der Waals surface area contributed by atoms with Gasteiger partial charge in [0, 0.05) is 18.0 Å². The van der Waals surface area contributed by atoms with E-state index in [9.17, 15) is 10.4 Å². The average molecular weight is 496 g/mol. The summed E-state index contributed by atoms with van der Waals surface area (Å²) in [5.41, 5.74) is 10.6. The van der Waals surface area contributed by atoms with Crippen LogP contribution in [0.25, 0.3) is 0 Å². The molecular formula is C32H53N3O. The lowest BCUT2D eigenvalue weighted by Crippen LogP contribution is -2.70. The van der Waals surface area contributed by atoms with Crippen LogP contribution >= 0.6 is 0 Å². The Kier molecular flexibility index (Phi) is 7.94. The average Bonchev–Trinajstić information content (AvgIpc) is 3.14. The second kappa shape index (κ2) is 10.7. The van der Waals surface area contributed by atoms with E-state index in [0.717, 1.165) is 51.0 Å². The Morgan fingerprint density at radius 1 is 1.00 bits per heavy atom. The second-order valence-electron chi connectivity index (χ2n) is 14.0. The van der Waals surface area contributed by atoms with Crippen LogP contribution in [0.5, 0.6) is 0 Å². The molecule has 0 saturated heterocycles. The molecule has 0 aromatic rings. The van der Waals surface area contributed by atoms with Gasteiger partial charge in [0.1, 0.15) is 0 Å². The van der Waals surface area contributed by atoms with Crippen molar-refractivity contribution in [3.05, 3.63) is 11.1 Å². The van der Waals surface area contributed by atoms with Crippen LogP contribution in [-0.4, -0.2) is 29.3 Å². The summed E-state index contributed by atoms with van der Waals surface area (Å²) >= 11 is 0. The molecule has 0 bridgehead atoms. The van der Waals surface area contributed by atoms with Crippen LogP contribution in [0, 0.1) is 39.9 Å². The summed E-state index contributed by atoms with van der Waals surface area (Å²) in [7, 11) is 0. The molecule has 5 fully saturated rings. The maximum absolute atomic E-state index is 11.6. The second-order valence-corrected chi connectivity index (χ2v) is 14.0. The predicted octanol–water partition coefficient (Wildman–Crippen LogP) is 6.77. The fourth-order valence-electron chi connectivity index (χ4n) is 10.4. The molecule has 4 N–H and O–H groups in total. The SMILES string of the molecule is CC12CC(O)/C(=C(\CCC#N)CCCNC3CCCCC3)C1CCC1(N)C2CCC2CCCCC21C. The minimum atomic E-state index is -0.348. The number of hydrogen-bond donors (Lipinski definition) is 3. The molecule has 0 spiro atoms. The van der Waals surface area contributed by atoms with Gasteiger partial charge in [0.25, 0.3) is 0 Å². The van der Waals surface area contributed by atoms with E-state index in [1.54, 1.807) is 0 Å². The van der Waals surface area contributed by atoms with E-state index in [4.69, 9.17) is 5.73 Å². The topological polar surface area (TPSA) is 82.1 Å². The van der Waals surface area contributed by atoms with Crippen LogP contribution in [0.2, 0.25) is 0 Å². The van der Waals surface area contributed by atoms with E-state index in [-0.39, 0.29) is 22.5 Å². The zero-order valence-electron chi connectivity index (χ0n) is 23.3. The van der Waals surface area contributed by atoms with Gasteiger partial charge in [-0.05, 0) is 118 Å². The Balaban J connectivity index is 1.35. The first-order chi connectivity index (χ1) is 17.3. The van der Waals surface area contributed by atoms with Crippen molar-refractivity contribution < 1.29 is 5.11 Å². The van der Waals surface area contributed by atoms with Crippen molar-refractivity contribution in [1.29, 1.82) is 5.26 Å². The van der Waals surface area contributed by atoms with Crippen LogP contribution < -0.4 is 11.1 Å². The van der Waals surface area contributed by atoms with Crippen molar-refractivity contribution in [2.24, 2.45) is 34.3 Å². The van der Waals surface area contributed by atoms with Crippen LogP contribution in [0.3, 0.4) is 0 Å². The fraction of sp³-hybridized carbons (Fsp3) is 0.906. The molecule has 0 amide bonds. The van der Waals surface area contributed by atoms with Crippen molar-refractivity contribution in [3.63, 3.8) is 0 Å². The molecule has 0 radical (unpaired) electrons. The van der Waals surface area contributed by atoms with Crippen LogP contribution in [0.4, 0.5) is 0 Å². The molecule has 4 heteroatoms. The number of hydrogen-bond acceptors (Lipinski definition) is 4. The third kappa shape index (κ3) is 4.50. The normalized spacial score (nSPS) is 44.3. The highest BCUT2D eigenvalue weighted by Gasteiger charge is 2.66. The predicted molar refractivity (Wildman–Crippen MR) is 147 cm³/mol. The maximum atomic E-state index is 11.6. The van der Waals surface area contributed by atoms with Gasteiger partial charge in [-0.2, -0.15) is 5.26 Å². The van der Waals surface area contributed by atoms with Crippen molar-refractivity contribution in [3.8, 4) is 6.07 Å². The standard InChI is InChI=1S/C32H53N3O/c1-30-22-27(36)29(23(10-8-20-33)11-9-21-35-25-13-4-3-5-14-25)26(30)17-19-32(34)28(30)16-15-24-12-6-7-18-31(24,32)2/h24-28,35-36H,3-19,21-22,34H2,1-2H3/b29-23+. The highest BCUT2D eigenvalue weighted by atomic mass is 16.3. The molecule has 0 heterocycles. The summed E-state index contributed by atoms with van der Waals surface area (Å²) in [6.07, 6.45) is 21.0. The van der Waals surface area contributed by atoms with Gasteiger partial charge in [-0.1, -0.05) is 51.5 Å². The Morgan fingerprint density at radius 2 is 1.78 bits per heavy atom. The number of nitrogens with two attached hydrogens (primary N) is 1. The first-order valence-electron chi connectivity index (χ1n) is 15.6. The number of nitrogens with zero attached hydrogens (tertiary/aromatic N) is 1. The minimum absolute atomic E-state index is 0.0887. The lowest BCUT2D eigenvalue weighted by molar-refractivity contribution is -0.133. The summed E-state index contributed by atoms with van der Waals surface area (Å²) in [4.78, 5) is 0. The Morgan fingerprint density at radius 3 is 2.56 bits per heavy atom. The number of fused-ring (bicyclic) bond motifs is 5. The monoisotopic (exact) mass is 495 g/mol. The Hall–Kier alpha value is -0.890. The molecule has 5 aliphatic carbocycles. The lowest BCUT2D eigenvalue weighted by atomic mass is 9.40. The smallest absolute Gasteiger partial charge is 0.0761 e. The summed E-state index contributed by atoms with van der Waals surface area (Å²) in [6.45, 7) is 6.07. The number of allylic oxidation sites excluding steroid dienone is 1. The van der Waals surface area contributed by atoms with Crippen molar-refractivity contribution in [2.75, 3.05) is 6.54 Å². The molecule has 0 aromatic heterocycles. The van der Waals surface area contributed by atoms with Crippen LogP contribution in [0.15, 0.2) is 11.1 Å². The van der Waals surface area contributed by atoms with E-state index < -0.39 is 0 Å². The van der Waals surface area contributed by atoms with Crippen molar-refractivity contribution >= 4 is 0 Å². The first kappa shape index (κ1) is 26.7. The minimum Gasteiger partial charge on any atom is -0.389 e. The highest BCUT2D eigenvalue weighted by molar-refractivity contribution is 5.33. The first-order valence-corrected chi connectivity index (χ1v) is 15.6. The van der Waals surface area contributed by atoms with Crippen LogP contribution in [-0.2, 0) is 0 Å². The molecule has 202 valence electrons. The number of aliphatic hydroxyl groups excluding tert-OH is 1. The van der Waals surface area contributed by atoms with Gasteiger partial charge in [-0.25, -0.2) is 0 Å². The number of nitrogens with one attached hydrogen (secondary N) is 1. The Bertz CT molecular complexity index is 856. The Labute approximate surface area is 220 Å². The summed E-state index contributed by atoms with van der Waals surface area (Å²) in [6, 6.07) is 3.09. The zero-order chi connectivity index (χ0) is 25.4. The fourth-order valence-corrected chi connectivity index (χ4v) is 10.4. The quantitative estimate of drug-likeness (QED) is 0.269. The van der Waals surface area contributed by atoms with Gasteiger partial charge in [0.05, 0.1) is 12.2 Å². The van der Waals surface area contributed by atoms with Crippen LogP contribution in [0.1, 0.15) is 129 Å². The van der Waals surface area contributed by atoms with Gasteiger partial charge in [0.2, 0.25) is 0 Å². The molecular weight excluding hydrogens is 442 g/mol. The van der Waals surface area contributed by atoms with E-state index in [0.29, 0.717) is 24.3 Å². The van der Waals surface area contributed by atoms with Crippen molar-refractivity contribution in [1.82, 2.24) is 5.32 Å². The third-order valence-electron chi connectivity index (χ3n) is 12.3. The molecule has 7 unspecified atom stereocenters. The number of aliphatic hydroxyl groups is 1. The molecule has 36 heavy (non-hydrogen) atoms. The maximum Gasteiger partial charge on any atom is 0.0761 e. The van der Waals surface area contributed by atoms with E-state index in [1.165, 1.54) is 81.8 Å². The lowest BCUT2D eigenvalue weighted by Gasteiger charge is -2.66. The van der Waals surface area contributed by atoms with Gasteiger partial charge >= 0.3 is 0 Å². The molecule has 7 atom stereocenters. The summed E-state index contributed by atoms with van der Waals surface area (Å²) in [5.74, 6) is 1.73. The molecule has 5 saturated carbocycles. The van der Waals surface area contributed by atoms with E-state index in [1.807, 2.05) is 0 Å². The number of nitriles is 1. The molecule has 5 aliphatic rings. The van der Waals surface area contributed by atoms with Gasteiger partial charge in [0.15, 0.2) is 0 Å². The van der Waals surface area contributed by atoms with E-state index in [2.05, 4.69) is 25.2 Å². The largest absolute Gasteiger partial charge is 0.389 e. The van der Waals surface area contributed by atoms with Crippen molar-refractivity contribution in [2.45, 2.75) is 147 Å². The highest BCUT2D eigenvalue weighted by Crippen LogP contribution is 2.69. The molecule has 0 aliphatic heterocycles. The van der Waals surface area contributed by atoms with Gasteiger partial charge in [-0.3, -0.25) is 0 Å². The molecule has 5 rings (SSSR count). The van der Waals surface area contributed by atoms with E-state index >= 15 is 0 Å².